The number of phenols is 1. The summed E-state index contributed by atoms with van der Waals surface area (Å²) < 4.78 is 4.82. The van der Waals surface area contributed by atoms with Gasteiger partial charge in [-0.2, -0.15) is 0 Å². The largest absolute Gasteiger partial charge is 0.504 e. The molecule has 0 aromatic heterocycles. The second kappa shape index (κ2) is 5.75. The number of likely N-dealkylation sites (N-methyl/N-ethyl adjacent to an activating group) is 1. The fraction of sp³-hybridized carbons (Fsp3) is 0.154. The lowest BCUT2D eigenvalue weighted by atomic mass is 10.1. The molecule has 1 saturated heterocycles. The number of nitro groups is 1. The van der Waals surface area contributed by atoms with Crippen molar-refractivity contribution in [1.29, 1.82) is 0 Å². The van der Waals surface area contributed by atoms with Crippen molar-refractivity contribution in [2.75, 3.05) is 14.2 Å². The van der Waals surface area contributed by atoms with Gasteiger partial charge >= 0.3 is 6.03 Å². The fourth-order valence-corrected chi connectivity index (χ4v) is 1.89. The van der Waals surface area contributed by atoms with Crippen molar-refractivity contribution in [2.45, 2.75) is 0 Å². The van der Waals surface area contributed by atoms with Gasteiger partial charge in [-0.1, -0.05) is 0 Å². The third kappa shape index (κ3) is 2.81. The number of amides is 4. The number of carbonyl (C=O) groups is 3. The van der Waals surface area contributed by atoms with Crippen LogP contribution < -0.4 is 10.1 Å². The van der Waals surface area contributed by atoms with Crippen LogP contribution in [0.15, 0.2) is 17.7 Å². The van der Waals surface area contributed by atoms with Gasteiger partial charge in [0.15, 0.2) is 11.5 Å². The van der Waals surface area contributed by atoms with Gasteiger partial charge in [0, 0.05) is 18.7 Å². The van der Waals surface area contributed by atoms with E-state index in [9.17, 15) is 29.6 Å². The maximum Gasteiger partial charge on any atom is 0.331 e. The molecule has 0 unspecified atom stereocenters. The third-order valence-electron chi connectivity index (χ3n) is 3.12. The Balaban J connectivity index is 2.59. The number of ether oxygens (including phenoxy) is 1. The van der Waals surface area contributed by atoms with E-state index in [1.807, 2.05) is 5.32 Å². The molecule has 0 saturated carbocycles. The molecular formula is C13H11N3O7. The zero-order chi connectivity index (χ0) is 17.3. The maximum atomic E-state index is 12.0. The number of hydrogen-bond donors (Lipinski definition) is 2. The Morgan fingerprint density at radius 3 is 2.57 bits per heavy atom. The Kier molecular flexibility index (Phi) is 3.99. The number of urea groups is 1. The zero-order valence-electron chi connectivity index (χ0n) is 12.0. The highest BCUT2D eigenvalue weighted by atomic mass is 16.6. The first-order chi connectivity index (χ1) is 10.8. The summed E-state index contributed by atoms with van der Waals surface area (Å²) in [4.78, 5) is 45.9. The number of nitrogens with zero attached hydrogens (tertiary/aromatic N) is 2. The van der Waals surface area contributed by atoms with E-state index in [-0.39, 0.29) is 11.3 Å². The van der Waals surface area contributed by atoms with Crippen molar-refractivity contribution in [3.8, 4) is 11.5 Å². The van der Waals surface area contributed by atoms with E-state index in [1.54, 1.807) is 0 Å². The average Bonchev–Trinajstić information content (AvgIpc) is 2.50. The van der Waals surface area contributed by atoms with E-state index >= 15 is 0 Å². The van der Waals surface area contributed by atoms with E-state index in [2.05, 4.69) is 0 Å². The predicted octanol–water partition coefficient (Wildman–Crippen LogP) is 0.401. The van der Waals surface area contributed by atoms with E-state index in [1.165, 1.54) is 7.11 Å². The van der Waals surface area contributed by atoms with E-state index in [4.69, 9.17) is 4.74 Å². The molecule has 2 N–H and O–H groups in total. The summed E-state index contributed by atoms with van der Waals surface area (Å²) in [6, 6.07) is 1.08. The van der Waals surface area contributed by atoms with Crippen LogP contribution in [0.2, 0.25) is 0 Å². The van der Waals surface area contributed by atoms with Gasteiger partial charge in [-0.25, -0.2) is 4.79 Å². The van der Waals surface area contributed by atoms with Crippen molar-refractivity contribution < 1.29 is 29.2 Å². The molecule has 1 aliphatic rings. The number of hydrogen-bond acceptors (Lipinski definition) is 7. The molecule has 0 radical (unpaired) electrons. The summed E-state index contributed by atoms with van der Waals surface area (Å²) in [6.07, 6.45) is 0.950. The van der Waals surface area contributed by atoms with Crippen LogP contribution in [0.1, 0.15) is 5.56 Å². The molecule has 1 fully saturated rings. The van der Waals surface area contributed by atoms with Crippen LogP contribution in [0.3, 0.4) is 0 Å². The standard InChI is InChI=1S/C13H11N3O7/c1-15-12(19)8(11(18)14-13(15)20)4-6-3-7(16(21)22)5-9(23-2)10(6)17/h3-5,17H,1-2H3,(H,14,18,20)/b8-4-. The molecule has 0 aliphatic carbocycles. The number of nitrogens with one attached hydrogen (secondary N) is 1. The van der Waals surface area contributed by atoms with Crippen LogP contribution in [-0.2, 0) is 9.59 Å². The van der Waals surface area contributed by atoms with Crippen LogP contribution in [0.4, 0.5) is 10.5 Å². The van der Waals surface area contributed by atoms with Crippen molar-refractivity contribution in [1.82, 2.24) is 10.2 Å². The first-order valence-electron chi connectivity index (χ1n) is 6.16. The number of imide groups is 2. The summed E-state index contributed by atoms with van der Waals surface area (Å²) in [5.74, 6) is -2.54. The molecule has 4 amide bonds. The Morgan fingerprint density at radius 1 is 1.35 bits per heavy atom. The summed E-state index contributed by atoms with van der Waals surface area (Å²) in [5.41, 5.74) is -1.03. The lowest BCUT2D eigenvalue weighted by Gasteiger charge is -2.22. The van der Waals surface area contributed by atoms with Crippen LogP contribution in [0.25, 0.3) is 6.08 Å². The minimum Gasteiger partial charge on any atom is -0.504 e. The van der Waals surface area contributed by atoms with Crippen molar-refractivity contribution in [3.63, 3.8) is 0 Å². The smallest absolute Gasteiger partial charge is 0.331 e. The molecule has 23 heavy (non-hydrogen) atoms. The molecule has 10 heteroatoms. The van der Waals surface area contributed by atoms with Gasteiger partial charge in [0.1, 0.15) is 5.57 Å². The summed E-state index contributed by atoms with van der Waals surface area (Å²) >= 11 is 0. The highest BCUT2D eigenvalue weighted by molar-refractivity contribution is 6.30. The molecule has 120 valence electrons. The predicted molar refractivity (Wildman–Crippen MR) is 75.6 cm³/mol. The molecular weight excluding hydrogens is 310 g/mol. The monoisotopic (exact) mass is 321 g/mol. The van der Waals surface area contributed by atoms with Crippen LogP contribution in [-0.4, -0.2) is 46.9 Å². The minimum atomic E-state index is -0.969. The van der Waals surface area contributed by atoms with Gasteiger partial charge in [0.25, 0.3) is 17.5 Å². The molecule has 1 aromatic rings. The lowest BCUT2D eigenvalue weighted by Crippen LogP contribution is -2.52. The van der Waals surface area contributed by atoms with Crippen molar-refractivity contribution in [2.24, 2.45) is 0 Å². The van der Waals surface area contributed by atoms with E-state index in [0.717, 1.165) is 25.3 Å². The normalized spacial score (nSPS) is 16.5. The van der Waals surface area contributed by atoms with Crippen molar-refractivity contribution >= 4 is 29.6 Å². The summed E-state index contributed by atoms with van der Waals surface area (Å²) in [7, 11) is 2.35. The fourth-order valence-electron chi connectivity index (χ4n) is 1.89. The zero-order valence-corrected chi connectivity index (χ0v) is 12.0. The van der Waals surface area contributed by atoms with Crippen LogP contribution >= 0.6 is 0 Å². The number of aromatic hydroxyl groups is 1. The Hall–Kier alpha value is -3.43. The topological polar surface area (TPSA) is 139 Å². The molecule has 0 spiro atoms. The number of phenolic OH excluding ortho intramolecular Hbond substituents is 1. The van der Waals surface area contributed by atoms with Gasteiger partial charge in [-0.15, -0.1) is 0 Å². The Labute approximate surface area is 129 Å². The number of nitro benzene ring substituents is 1. The molecule has 2 rings (SSSR count). The first kappa shape index (κ1) is 15.9. The minimum absolute atomic E-state index is 0.169. The molecule has 1 aliphatic heterocycles. The van der Waals surface area contributed by atoms with Gasteiger partial charge < -0.3 is 9.84 Å². The summed E-state index contributed by atoms with van der Waals surface area (Å²) in [6.45, 7) is 0. The molecule has 0 atom stereocenters. The lowest BCUT2D eigenvalue weighted by molar-refractivity contribution is -0.385. The number of methoxy groups -OCH3 is 1. The van der Waals surface area contributed by atoms with Gasteiger partial charge in [-0.3, -0.25) is 29.9 Å². The molecule has 0 bridgehead atoms. The first-order valence-corrected chi connectivity index (χ1v) is 6.16. The number of carbonyl (C=O) groups excluding carboxylic acids is 3. The highest BCUT2D eigenvalue weighted by Gasteiger charge is 2.33. The molecule has 10 nitrogen and oxygen atoms in total. The number of non-ortho nitro benzene ring substituents is 1. The molecule has 1 heterocycles. The maximum absolute atomic E-state index is 12.0. The second-order valence-corrected chi connectivity index (χ2v) is 4.52. The molecule has 1 aromatic carbocycles. The quantitative estimate of drug-likeness (QED) is 0.355. The van der Waals surface area contributed by atoms with Crippen LogP contribution in [0, 0.1) is 10.1 Å². The van der Waals surface area contributed by atoms with Gasteiger partial charge in [-0.05, 0) is 6.08 Å². The van der Waals surface area contributed by atoms with E-state index < -0.39 is 39.8 Å². The number of benzene rings is 1. The van der Waals surface area contributed by atoms with Crippen LogP contribution in [0.5, 0.6) is 11.5 Å². The highest BCUT2D eigenvalue weighted by Crippen LogP contribution is 2.36. The number of barbiturate groups is 1. The summed E-state index contributed by atoms with van der Waals surface area (Å²) in [5, 5.41) is 22.8. The van der Waals surface area contributed by atoms with E-state index in [0.29, 0.717) is 4.90 Å². The number of rotatable bonds is 3. The SMILES string of the molecule is COc1cc([N+](=O)[O-])cc(/C=C2/C(=O)NC(=O)N(C)C2=O)c1O. The Morgan fingerprint density at radius 2 is 2.00 bits per heavy atom. The van der Waals surface area contributed by atoms with Gasteiger partial charge in [0.2, 0.25) is 0 Å². The second-order valence-electron chi connectivity index (χ2n) is 4.52. The average molecular weight is 321 g/mol. The van der Waals surface area contributed by atoms with Crippen molar-refractivity contribution in [3.05, 3.63) is 33.4 Å². The third-order valence-corrected chi connectivity index (χ3v) is 3.12. The van der Waals surface area contributed by atoms with Gasteiger partial charge in [0.05, 0.1) is 18.1 Å². The Bertz CT molecular complexity index is 769.